The van der Waals surface area contributed by atoms with Gasteiger partial charge in [0.15, 0.2) is 0 Å². The maximum Gasteiger partial charge on any atom is 0.244 e. The molecule has 0 aliphatic rings. The Morgan fingerprint density at radius 2 is 1.74 bits per heavy atom. The van der Waals surface area contributed by atoms with E-state index in [1.165, 1.54) is 12.0 Å². The fourth-order valence-corrected chi connectivity index (χ4v) is 4.74. The van der Waals surface area contributed by atoms with Crippen LogP contribution in [0.25, 0.3) is 0 Å². The third-order valence-electron chi connectivity index (χ3n) is 5.19. The lowest BCUT2D eigenvalue weighted by Crippen LogP contribution is -2.53. The van der Waals surface area contributed by atoms with Crippen LogP contribution in [0.15, 0.2) is 42.5 Å². The van der Waals surface area contributed by atoms with Crippen molar-refractivity contribution in [3.63, 3.8) is 0 Å². The maximum atomic E-state index is 13.7. The van der Waals surface area contributed by atoms with Gasteiger partial charge in [0.05, 0.1) is 29.1 Å². The van der Waals surface area contributed by atoms with Gasteiger partial charge in [0.25, 0.3) is 0 Å². The minimum atomic E-state index is -3.87. The number of rotatable bonds is 11. The molecule has 0 spiro atoms. The van der Waals surface area contributed by atoms with Crippen molar-refractivity contribution >= 4 is 50.7 Å². The molecule has 2 amide bonds. The average Bonchev–Trinajstić information content (AvgIpc) is 2.78. The molecule has 0 fully saturated rings. The summed E-state index contributed by atoms with van der Waals surface area (Å²) >= 11 is 12.2. The van der Waals surface area contributed by atoms with Crippen molar-refractivity contribution in [1.29, 1.82) is 0 Å². The molecule has 0 aromatic heterocycles. The molecule has 192 valence electrons. The first-order chi connectivity index (χ1) is 16.4. The number of nitrogens with one attached hydrogen (secondary N) is 1. The Morgan fingerprint density at radius 1 is 1.09 bits per heavy atom. The number of ether oxygens (including phenoxy) is 1. The van der Waals surface area contributed by atoms with Crippen LogP contribution in [-0.2, 0) is 26.2 Å². The standard InChI is InChI=1S/C24H31Cl2N3O5S/c1-6-20(24(31)27-16(2)3)28(14-17-11-12-18(25)19(26)13-17)23(30)15-29(35(5,32)33)21-9-7-8-10-22(21)34-4/h7-13,16,20H,6,14-15H2,1-5H3,(H,27,31)/t20-/m1/s1. The maximum absolute atomic E-state index is 13.7. The minimum Gasteiger partial charge on any atom is -0.495 e. The van der Waals surface area contributed by atoms with Crippen molar-refractivity contribution in [3.05, 3.63) is 58.1 Å². The van der Waals surface area contributed by atoms with Crippen LogP contribution in [0.5, 0.6) is 5.75 Å². The van der Waals surface area contributed by atoms with Gasteiger partial charge in [-0.3, -0.25) is 13.9 Å². The van der Waals surface area contributed by atoms with Crippen LogP contribution < -0.4 is 14.4 Å². The van der Waals surface area contributed by atoms with Crippen LogP contribution in [-0.4, -0.2) is 57.1 Å². The SMILES string of the molecule is CC[C@H](C(=O)NC(C)C)N(Cc1ccc(Cl)c(Cl)c1)C(=O)CN(c1ccccc1OC)S(C)(=O)=O. The van der Waals surface area contributed by atoms with Gasteiger partial charge in [0.2, 0.25) is 21.8 Å². The molecule has 0 saturated heterocycles. The van der Waals surface area contributed by atoms with Gasteiger partial charge < -0.3 is 15.0 Å². The van der Waals surface area contributed by atoms with Crippen molar-refractivity contribution in [2.45, 2.75) is 45.8 Å². The second-order valence-electron chi connectivity index (χ2n) is 8.30. The number of nitrogens with zero attached hydrogens (tertiary/aromatic N) is 2. The summed E-state index contributed by atoms with van der Waals surface area (Å²) in [6.45, 7) is 4.94. The molecule has 8 nitrogen and oxygen atoms in total. The van der Waals surface area contributed by atoms with Gasteiger partial charge in [-0.1, -0.05) is 48.3 Å². The van der Waals surface area contributed by atoms with E-state index < -0.39 is 28.5 Å². The lowest BCUT2D eigenvalue weighted by Gasteiger charge is -2.33. The first-order valence-electron chi connectivity index (χ1n) is 11.0. The highest BCUT2D eigenvalue weighted by Gasteiger charge is 2.32. The molecule has 1 atom stereocenters. The highest BCUT2D eigenvalue weighted by Crippen LogP contribution is 2.30. The van der Waals surface area contributed by atoms with Gasteiger partial charge >= 0.3 is 0 Å². The highest BCUT2D eigenvalue weighted by atomic mass is 35.5. The third-order valence-corrected chi connectivity index (χ3v) is 7.05. The summed E-state index contributed by atoms with van der Waals surface area (Å²) in [6.07, 6.45) is 1.33. The summed E-state index contributed by atoms with van der Waals surface area (Å²) in [5.41, 5.74) is 0.867. The summed E-state index contributed by atoms with van der Waals surface area (Å²) in [5, 5.41) is 3.50. The Kier molecular flexibility index (Phi) is 10.2. The first kappa shape index (κ1) is 28.7. The van der Waals surface area contributed by atoms with Crippen LogP contribution in [0.3, 0.4) is 0 Å². The monoisotopic (exact) mass is 543 g/mol. The molecule has 2 aromatic rings. The largest absolute Gasteiger partial charge is 0.495 e. The van der Waals surface area contributed by atoms with E-state index in [9.17, 15) is 18.0 Å². The molecule has 0 aliphatic carbocycles. The quantitative estimate of drug-likeness (QED) is 0.460. The summed E-state index contributed by atoms with van der Waals surface area (Å²) < 4.78 is 31.7. The molecule has 0 radical (unpaired) electrons. The van der Waals surface area contributed by atoms with E-state index in [-0.39, 0.29) is 24.2 Å². The summed E-state index contributed by atoms with van der Waals surface area (Å²) in [4.78, 5) is 28.0. The molecule has 1 N–H and O–H groups in total. The van der Waals surface area contributed by atoms with Crippen molar-refractivity contribution in [2.24, 2.45) is 0 Å². The molecule has 0 aliphatic heterocycles. The number of benzene rings is 2. The zero-order valence-corrected chi connectivity index (χ0v) is 22.7. The molecular formula is C24H31Cl2N3O5S. The Hall–Kier alpha value is -2.49. The van der Waals surface area contributed by atoms with Gasteiger partial charge in [0.1, 0.15) is 18.3 Å². The molecule has 0 saturated carbocycles. The van der Waals surface area contributed by atoms with Crippen LogP contribution in [0.1, 0.15) is 32.8 Å². The van der Waals surface area contributed by atoms with E-state index in [4.69, 9.17) is 27.9 Å². The highest BCUT2D eigenvalue weighted by molar-refractivity contribution is 7.92. The predicted molar refractivity (Wildman–Crippen MR) is 140 cm³/mol. The van der Waals surface area contributed by atoms with Crippen LogP contribution in [0, 0.1) is 0 Å². The molecule has 35 heavy (non-hydrogen) atoms. The number of sulfonamides is 1. The number of carbonyl (C=O) groups excluding carboxylic acids is 2. The van der Waals surface area contributed by atoms with E-state index in [1.54, 1.807) is 49.4 Å². The summed E-state index contributed by atoms with van der Waals surface area (Å²) in [7, 11) is -2.45. The van der Waals surface area contributed by atoms with Gasteiger partial charge in [-0.15, -0.1) is 0 Å². The van der Waals surface area contributed by atoms with Gasteiger partial charge in [-0.25, -0.2) is 8.42 Å². The van der Waals surface area contributed by atoms with Gasteiger partial charge in [-0.2, -0.15) is 0 Å². The molecule has 2 rings (SSSR count). The van der Waals surface area contributed by atoms with Gasteiger partial charge in [0, 0.05) is 12.6 Å². The predicted octanol–water partition coefficient (Wildman–Crippen LogP) is 4.10. The Bertz CT molecular complexity index is 1160. The number of hydrogen-bond donors (Lipinski definition) is 1. The van der Waals surface area contributed by atoms with E-state index in [0.29, 0.717) is 27.8 Å². The topological polar surface area (TPSA) is 96.0 Å². The molecular weight excluding hydrogens is 513 g/mol. The van der Waals surface area contributed by atoms with E-state index in [2.05, 4.69) is 5.32 Å². The van der Waals surface area contributed by atoms with Crippen LogP contribution in [0.4, 0.5) is 5.69 Å². The second-order valence-corrected chi connectivity index (χ2v) is 11.0. The summed E-state index contributed by atoms with van der Waals surface area (Å²) in [6, 6.07) is 10.5. The second kappa shape index (κ2) is 12.5. The first-order valence-corrected chi connectivity index (χ1v) is 13.6. The average molecular weight is 545 g/mol. The molecule has 0 heterocycles. The number of carbonyl (C=O) groups is 2. The number of methoxy groups -OCH3 is 1. The normalized spacial score (nSPS) is 12.2. The fourth-order valence-electron chi connectivity index (χ4n) is 3.57. The Balaban J connectivity index is 2.50. The summed E-state index contributed by atoms with van der Waals surface area (Å²) in [5.74, 6) is -0.594. The molecule has 2 aromatic carbocycles. The number of halogens is 2. The van der Waals surface area contributed by atoms with Gasteiger partial charge in [-0.05, 0) is 50.1 Å². The van der Waals surface area contributed by atoms with Crippen LogP contribution in [0.2, 0.25) is 10.0 Å². The van der Waals surface area contributed by atoms with Crippen molar-refractivity contribution < 1.29 is 22.7 Å². The molecule has 11 heteroatoms. The Morgan fingerprint density at radius 3 is 2.29 bits per heavy atom. The fraction of sp³-hybridized carbons (Fsp3) is 0.417. The number of anilines is 1. The minimum absolute atomic E-state index is 0.0310. The van der Waals surface area contributed by atoms with E-state index >= 15 is 0 Å². The third kappa shape index (κ3) is 7.75. The molecule has 0 bridgehead atoms. The number of amides is 2. The zero-order chi connectivity index (χ0) is 26.3. The van der Waals surface area contributed by atoms with Crippen LogP contribution >= 0.6 is 23.2 Å². The van der Waals surface area contributed by atoms with Crippen molar-refractivity contribution in [2.75, 3.05) is 24.2 Å². The zero-order valence-electron chi connectivity index (χ0n) is 20.4. The van der Waals surface area contributed by atoms with E-state index in [1.807, 2.05) is 13.8 Å². The number of hydrogen-bond acceptors (Lipinski definition) is 5. The Labute approximate surface area is 217 Å². The molecule has 0 unspecified atom stereocenters. The lowest BCUT2D eigenvalue weighted by atomic mass is 10.1. The van der Waals surface area contributed by atoms with E-state index in [0.717, 1.165) is 10.6 Å². The van der Waals surface area contributed by atoms with Crippen molar-refractivity contribution in [3.8, 4) is 5.75 Å². The number of para-hydroxylation sites is 2. The lowest BCUT2D eigenvalue weighted by molar-refractivity contribution is -0.140. The van der Waals surface area contributed by atoms with Crippen molar-refractivity contribution in [1.82, 2.24) is 10.2 Å². The smallest absolute Gasteiger partial charge is 0.244 e.